The molecule has 1 aliphatic rings. The van der Waals surface area contributed by atoms with Gasteiger partial charge in [0.1, 0.15) is 23.0 Å². The van der Waals surface area contributed by atoms with Gasteiger partial charge in [0.15, 0.2) is 11.4 Å². The second-order valence-corrected chi connectivity index (χ2v) is 8.30. The van der Waals surface area contributed by atoms with E-state index in [-0.39, 0.29) is 18.4 Å². The number of aliphatic carboxylic acids is 1. The lowest BCUT2D eigenvalue weighted by Gasteiger charge is -2.25. The molecule has 1 N–H and O–H groups in total. The molecule has 5 rings (SSSR count). The second kappa shape index (κ2) is 8.16. The molecule has 1 amide bonds. The van der Waals surface area contributed by atoms with E-state index in [4.69, 9.17) is 4.42 Å². The molecule has 0 radical (unpaired) electrons. The van der Waals surface area contributed by atoms with Gasteiger partial charge in [0.05, 0.1) is 12.5 Å². The van der Waals surface area contributed by atoms with Crippen LogP contribution in [0, 0.1) is 6.92 Å². The number of fused-ring (bicyclic) bond motifs is 3. The quantitative estimate of drug-likeness (QED) is 0.499. The van der Waals surface area contributed by atoms with E-state index in [0.717, 1.165) is 10.9 Å². The maximum Gasteiger partial charge on any atom is 0.326 e. The Kier molecular flexibility index (Phi) is 5.16. The predicted molar refractivity (Wildman–Crippen MR) is 122 cm³/mol. The van der Waals surface area contributed by atoms with Gasteiger partial charge in [-0.25, -0.2) is 14.8 Å². The average Bonchev–Trinajstić information content (AvgIpc) is 3.41. The van der Waals surface area contributed by atoms with Gasteiger partial charge in [0, 0.05) is 37.8 Å². The molecule has 0 saturated carbocycles. The maximum absolute atomic E-state index is 12.9. The lowest BCUT2D eigenvalue weighted by Crippen LogP contribution is -2.40. The number of anilines is 1. The summed E-state index contributed by atoms with van der Waals surface area (Å²) in [6.45, 7) is 2.11. The highest BCUT2D eigenvalue weighted by molar-refractivity contribution is 6.06. The van der Waals surface area contributed by atoms with Crippen LogP contribution in [0.4, 0.5) is 5.82 Å². The van der Waals surface area contributed by atoms with Crippen LogP contribution in [0.1, 0.15) is 17.8 Å². The van der Waals surface area contributed by atoms with Gasteiger partial charge in [-0.05, 0) is 36.8 Å². The summed E-state index contributed by atoms with van der Waals surface area (Å²) in [5.74, 6) is -0.0738. The van der Waals surface area contributed by atoms with Crippen LogP contribution in [0.5, 0.6) is 0 Å². The summed E-state index contributed by atoms with van der Waals surface area (Å²) in [5.41, 5.74) is 2.64. The van der Waals surface area contributed by atoms with E-state index in [1.54, 1.807) is 48.3 Å². The molecule has 9 nitrogen and oxygen atoms in total. The number of benzene rings is 1. The molecule has 0 bridgehead atoms. The number of hydrogen-bond donors (Lipinski definition) is 1. The molecule has 4 aromatic rings. The Hall–Kier alpha value is -4.01. The number of para-hydroxylation sites is 1. The topological polar surface area (TPSA) is 113 Å². The van der Waals surface area contributed by atoms with E-state index in [2.05, 4.69) is 15.0 Å². The first-order valence-corrected chi connectivity index (χ1v) is 10.7. The van der Waals surface area contributed by atoms with E-state index < -0.39 is 12.0 Å². The van der Waals surface area contributed by atoms with Crippen LogP contribution in [0.25, 0.3) is 22.1 Å². The fraction of sp³-hybridized carbons (Fsp3) is 0.292. The molecule has 0 unspecified atom stereocenters. The zero-order valence-corrected chi connectivity index (χ0v) is 18.3. The van der Waals surface area contributed by atoms with Crippen molar-refractivity contribution in [3.8, 4) is 0 Å². The minimum Gasteiger partial charge on any atom is -0.480 e. The number of carboxylic acids is 1. The van der Waals surface area contributed by atoms with Crippen molar-refractivity contribution < 1.29 is 19.1 Å². The van der Waals surface area contributed by atoms with Crippen LogP contribution in [-0.4, -0.2) is 62.5 Å². The standard InChI is InChI=1S/C24H23N5O4/c1-14-26-21-17-5-3-4-6-19(17)33-22(21)23(27-14)29-13-16(12-18(29)24(31)32)28(2)20(30)11-15-7-9-25-10-8-15/h3-10,16,18H,11-13H2,1-2H3,(H,31,32)/t16-,18-/m0/s1. The Morgan fingerprint density at radius 3 is 2.70 bits per heavy atom. The molecular weight excluding hydrogens is 422 g/mol. The number of pyridine rings is 1. The molecule has 0 aliphatic carbocycles. The normalized spacial score (nSPS) is 18.2. The van der Waals surface area contributed by atoms with E-state index >= 15 is 0 Å². The van der Waals surface area contributed by atoms with Gasteiger partial charge in [-0.2, -0.15) is 0 Å². The zero-order chi connectivity index (χ0) is 23.1. The number of furan rings is 1. The first kappa shape index (κ1) is 20.9. The summed E-state index contributed by atoms with van der Waals surface area (Å²) in [7, 11) is 1.72. The smallest absolute Gasteiger partial charge is 0.326 e. The highest BCUT2D eigenvalue weighted by Crippen LogP contribution is 2.36. The Labute approximate surface area is 189 Å². The van der Waals surface area contributed by atoms with Gasteiger partial charge >= 0.3 is 5.97 Å². The number of carboxylic acid groups (broad SMARTS) is 1. The van der Waals surface area contributed by atoms with Crippen LogP contribution >= 0.6 is 0 Å². The van der Waals surface area contributed by atoms with Gasteiger partial charge < -0.3 is 19.3 Å². The summed E-state index contributed by atoms with van der Waals surface area (Å²) in [4.78, 5) is 41.5. The third-order valence-electron chi connectivity index (χ3n) is 6.20. The number of carbonyl (C=O) groups is 2. The fourth-order valence-electron chi connectivity index (χ4n) is 4.45. The minimum absolute atomic E-state index is 0.0788. The number of aromatic nitrogens is 3. The van der Waals surface area contributed by atoms with Crippen molar-refractivity contribution >= 4 is 39.8 Å². The first-order chi connectivity index (χ1) is 15.9. The van der Waals surface area contributed by atoms with Crippen molar-refractivity contribution in [3.05, 3.63) is 60.2 Å². The largest absolute Gasteiger partial charge is 0.480 e. The lowest BCUT2D eigenvalue weighted by atomic mass is 10.1. The summed E-state index contributed by atoms with van der Waals surface area (Å²) in [6, 6.07) is 10.0. The van der Waals surface area contributed by atoms with Crippen molar-refractivity contribution in [1.82, 2.24) is 19.9 Å². The molecule has 168 valence electrons. The van der Waals surface area contributed by atoms with Crippen LogP contribution in [0.2, 0.25) is 0 Å². The summed E-state index contributed by atoms with van der Waals surface area (Å²) in [6.07, 6.45) is 3.82. The summed E-state index contributed by atoms with van der Waals surface area (Å²) in [5, 5.41) is 10.8. The molecule has 2 atom stereocenters. The molecule has 4 heterocycles. The van der Waals surface area contributed by atoms with Gasteiger partial charge in [-0.15, -0.1) is 0 Å². The Balaban J connectivity index is 1.49. The van der Waals surface area contributed by atoms with Crippen molar-refractivity contribution in [1.29, 1.82) is 0 Å². The molecule has 1 aliphatic heterocycles. The molecule has 1 aromatic carbocycles. The van der Waals surface area contributed by atoms with Gasteiger partial charge in [-0.1, -0.05) is 12.1 Å². The first-order valence-electron chi connectivity index (χ1n) is 10.7. The van der Waals surface area contributed by atoms with Gasteiger partial charge in [0.25, 0.3) is 0 Å². The van der Waals surface area contributed by atoms with Crippen LogP contribution in [0.15, 0.2) is 53.2 Å². The third-order valence-corrected chi connectivity index (χ3v) is 6.20. The molecule has 0 spiro atoms. The van der Waals surface area contributed by atoms with E-state index in [1.807, 2.05) is 24.3 Å². The number of carbonyl (C=O) groups excluding carboxylic acids is 1. The molecule has 9 heteroatoms. The monoisotopic (exact) mass is 445 g/mol. The number of likely N-dealkylation sites (N-methyl/N-ethyl adjacent to an activating group) is 1. The number of amides is 1. The highest BCUT2D eigenvalue weighted by atomic mass is 16.4. The van der Waals surface area contributed by atoms with E-state index in [9.17, 15) is 14.7 Å². The Bertz CT molecular complexity index is 1350. The average molecular weight is 445 g/mol. The van der Waals surface area contributed by atoms with Crippen LogP contribution in [0.3, 0.4) is 0 Å². The third kappa shape index (κ3) is 3.75. The molecule has 1 saturated heterocycles. The van der Waals surface area contributed by atoms with Crippen molar-refractivity contribution in [3.63, 3.8) is 0 Å². The van der Waals surface area contributed by atoms with E-state index in [0.29, 0.717) is 41.3 Å². The zero-order valence-electron chi connectivity index (χ0n) is 18.3. The van der Waals surface area contributed by atoms with Crippen LogP contribution in [-0.2, 0) is 16.0 Å². The maximum atomic E-state index is 12.9. The minimum atomic E-state index is -0.965. The molecule has 1 fully saturated rings. The molecule has 33 heavy (non-hydrogen) atoms. The summed E-state index contributed by atoms with van der Waals surface area (Å²) >= 11 is 0. The van der Waals surface area contributed by atoms with Gasteiger partial charge in [0.2, 0.25) is 5.91 Å². The van der Waals surface area contributed by atoms with Crippen molar-refractivity contribution in [2.45, 2.75) is 31.8 Å². The number of aryl methyl sites for hydroxylation is 1. The molecule has 3 aromatic heterocycles. The van der Waals surface area contributed by atoms with Crippen molar-refractivity contribution in [2.24, 2.45) is 0 Å². The van der Waals surface area contributed by atoms with Crippen molar-refractivity contribution in [2.75, 3.05) is 18.5 Å². The van der Waals surface area contributed by atoms with Gasteiger partial charge in [-0.3, -0.25) is 9.78 Å². The number of nitrogens with zero attached hydrogens (tertiary/aromatic N) is 5. The lowest BCUT2D eigenvalue weighted by molar-refractivity contribution is -0.139. The fourth-order valence-corrected chi connectivity index (χ4v) is 4.45. The SMILES string of the molecule is Cc1nc(N2C[C@@H](N(C)C(=O)Cc3ccncc3)C[C@H]2C(=O)O)c2oc3ccccc3c2n1. The Morgan fingerprint density at radius 1 is 1.18 bits per heavy atom. The van der Waals surface area contributed by atoms with Crippen LogP contribution < -0.4 is 4.90 Å². The highest BCUT2D eigenvalue weighted by Gasteiger charge is 2.41. The number of rotatable bonds is 5. The van der Waals surface area contributed by atoms with E-state index in [1.165, 1.54) is 0 Å². The Morgan fingerprint density at radius 2 is 1.94 bits per heavy atom. The number of hydrogen-bond acceptors (Lipinski definition) is 7. The predicted octanol–water partition coefficient (Wildman–Crippen LogP) is 2.81. The second-order valence-electron chi connectivity index (χ2n) is 8.30. The molecular formula is C24H23N5O4. The summed E-state index contributed by atoms with van der Waals surface area (Å²) < 4.78 is 6.06.